The van der Waals surface area contributed by atoms with Crippen LogP contribution in [0.5, 0.6) is 0 Å². The lowest BCUT2D eigenvalue weighted by Gasteiger charge is -2.11. The fourth-order valence-electron chi connectivity index (χ4n) is 5.77. The average Bonchev–Trinajstić information content (AvgIpc) is 3.56. The maximum atomic E-state index is 3.70. The highest BCUT2D eigenvalue weighted by Gasteiger charge is 2.17. The van der Waals surface area contributed by atoms with E-state index in [1.807, 2.05) is 0 Å². The van der Waals surface area contributed by atoms with Crippen LogP contribution in [0.2, 0.25) is 0 Å². The fraction of sp³-hybridized carbons (Fsp3) is 0.0909. The highest BCUT2D eigenvalue weighted by molar-refractivity contribution is 5.96. The zero-order chi connectivity index (χ0) is 24.4. The van der Waals surface area contributed by atoms with Crippen molar-refractivity contribution in [2.24, 2.45) is 0 Å². The standard InChI is InChI=1S/C33H27N3/c1-19-25-10-4-7-13-28(25)34-31(19)22-16-23(32-20(2)26-11-5-8-14-29(26)35-32)18-24(17-22)33-21(3)27-12-6-9-15-30(27)36-33/h4-18,34-36H,1-3H3. The molecule has 7 rings (SSSR count). The molecule has 0 atom stereocenters. The second-order valence-electron chi connectivity index (χ2n) is 9.81. The normalized spacial score (nSPS) is 11.8. The van der Waals surface area contributed by atoms with E-state index in [0.29, 0.717) is 0 Å². The summed E-state index contributed by atoms with van der Waals surface area (Å²) in [5.41, 5.74) is 14.4. The monoisotopic (exact) mass is 465 g/mol. The number of hydrogen-bond acceptors (Lipinski definition) is 0. The van der Waals surface area contributed by atoms with Crippen molar-refractivity contribution in [3.05, 3.63) is 108 Å². The first-order chi connectivity index (χ1) is 17.6. The molecule has 0 aliphatic heterocycles. The van der Waals surface area contributed by atoms with Crippen molar-refractivity contribution < 1.29 is 0 Å². The van der Waals surface area contributed by atoms with Gasteiger partial charge in [-0.1, -0.05) is 54.6 Å². The summed E-state index contributed by atoms with van der Waals surface area (Å²) in [5.74, 6) is 0. The molecule has 0 amide bonds. The Morgan fingerprint density at radius 3 is 0.944 bits per heavy atom. The first-order valence-electron chi connectivity index (χ1n) is 12.5. The third-order valence-corrected chi connectivity index (χ3v) is 7.70. The van der Waals surface area contributed by atoms with Crippen molar-refractivity contribution in [2.75, 3.05) is 0 Å². The molecule has 0 fully saturated rings. The summed E-state index contributed by atoms with van der Waals surface area (Å²) in [6.45, 7) is 6.63. The molecule has 36 heavy (non-hydrogen) atoms. The number of hydrogen-bond donors (Lipinski definition) is 3. The molecule has 3 nitrogen and oxygen atoms in total. The fourth-order valence-corrected chi connectivity index (χ4v) is 5.77. The number of H-pyrrole nitrogens is 3. The van der Waals surface area contributed by atoms with Crippen LogP contribution in [0.1, 0.15) is 16.7 Å². The van der Waals surface area contributed by atoms with Crippen LogP contribution in [0.25, 0.3) is 66.5 Å². The van der Waals surface area contributed by atoms with Crippen LogP contribution in [0.4, 0.5) is 0 Å². The molecule has 0 saturated carbocycles. The Labute approximate surface area is 209 Å². The van der Waals surface area contributed by atoms with Crippen molar-refractivity contribution in [1.29, 1.82) is 0 Å². The zero-order valence-corrected chi connectivity index (χ0v) is 20.7. The Bertz CT molecular complexity index is 1690. The highest BCUT2D eigenvalue weighted by Crippen LogP contribution is 2.39. The van der Waals surface area contributed by atoms with E-state index in [1.165, 1.54) is 83.2 Å². The largest absolute Gasteiger partial charge is 0.354 e. The molecule has 0 spiro atoms. The Hall–Kier alpha value is -4.50. The lowest BCUT2D eigenvalue weighted by atomic mass is 9.95. The minimum atomic E-state index is 1.17. The van der Waals surface area contributed by atoms with E-state index >= 15 is 0 Å². The van der Waals surface area contributed by atoms with Crippen molar-refractivity contribution in [3.8, 4) is 33.8 Å². The van der Waals surface area contributed by atoms with E-state index in [9.17, 15) is 0 Å². The Morgan fingerprint density at radius 1 is 0.389 bits per heavy atom. The molecular weight excluding hydrogens is 438 g/mol. The van der Waals surface area contributed by atoms with Gasteiger partial charge in [0, 0.05) is 49.8 Å². The molecule has 0 saturated heterocycles. The van der Waals surface area contributed by atoms with Crippen molar-refractivity contribution >= 4 is 32.7 Å². The number of benzene rings is 4. The van der Waals surface area contributed by atoms with Gasteiger partial charge in [-0.15, -0.1) is 0 Å². The molecule has 174 valence electrons. The van der Waals surface area contributed by atoms with Gasteiger partial charge in [-0.25, -0.2) is 0 Å². The van der Waals surface area contributed by atoms with Gasteiger partial charge < -0.3 is 15.0 Å². The van der Waals surface area contributed by atoms with Gasteiger partial charge in [0.25, 0.3) is 0 Å². The van der Waals surface area contributed by atoms with Crippen LogP contribution in [0.3, 0.4) is 0 Å². The third kappa shape index (κ3) is 3.06. The van der Waals surface area contributed by atoms with Crippen molar-refractivity contribution in [3.63, 3.8) is 0 Å². The summed E-state index contributed by atoms with van der Waals surface area (Å²) in [7, 11) is 0. The topological polar surface area (TPSA) is 47.4 Å². The summed E-state index contributed by atoms with van der Waals surface area (Å²) in [6, 6.07) is 32.6. The van der Waals surface area contributed by atoms with Crippen molar-refractivity contribution in [1.82, 2.24) is 15.0 Å². The van der Waals surface area contributed by atoms with Gasteiger partial charge in [0.2, 0.25) is 0 Å². The number of para-hydroxylation sites is 3. The minimum absolute atomic E-state index is 1.17. The number of aryl methyl sites for hydroxylation is 3. The van der Waals surface area contributed by atoms with Crippen molar-refractivity contribution in [2.45, 2.75) is 20.8 Å². The SMILES string of the molecule is Cc1c(-c2cc(-c3[nH]c4ccccc4c3C)cc(-c3[nH]c4ccccc4c3C)c2)[nH]c2ccccc12. The first kappa shape index (κ1) is 20.8. The molecule has 3 N–H and O–H groups in total. The molecule has 7 aromatic rings. The smallest absolute Gasteiger partial charge is 0.0494 e. The van der Waals surface area contributed by atoms with Crippen LogP contribution >= 0.6 is 0 Å². The molecule has 0 unspecified atom stereocenters. The second-order valence-corrected chi connectivity index (χ2v) is 9.81. The Kier molecular flexibility index (Phi) is 4.49. The summed E-state index contributed by atoms with van der Waals surface area (Å²) in [4.78, 5) is 11.1. The van der Waals surface area contributed by atoms with E-state index in [-0.39, 0.29) is 0 Å². The maximum Gasteiger partial charge on any atom is 0.0494 e. The van der Waals surface area contributed by atoms with Crippen LogP contribution < -0.4 is 0 Å². The lowest BCUT2D eigenvalue weighted by Crippen LogP contribution is -1.90. The third-order valence-electron chi connectivity index (χ3n) is 7.70. The molecule has 3 heterocycles. The lowest BCUT2D eigenvalue weighted by molar-refractivity contribution is 1.36. The van der Waals surface area contributed by atoms with Gasteiger partial charge >= 0.3 is 0 Å². The Balaban J connectivity index is 1.52. The predicted molar refractivity (Wildman–Crippen MR) is 153 cm³/mol. The number of nitrogens with one attached hydrogen (secondary N) is 3. The number of aromatic nitrogens is 3. The minimum Gasteiger partial charge on any atom is -0.354 e. The quantitative estimate of drug-likeness (QED) is 0.233. The van der Waals surface area contributed by atoms with E-state index in [0.717, 1.165) is 0 Å². The second kappa shape index (κ2) is 7.76. The number of fused-ring (bicyclic) bond motifs is 3. The molecule has 3 aromatic heterocycles. The van der Waals surface area contributed by atoms with E-state index in [4.69, 9.17) is 0 Å². The van der Waals surface area contributed by atoms with Gasteiger partial charge in [0.1, 0.15) is 0 Å². The molecule has 0 bridgehead atoms. The molecule has 0 aliphatic rings. The van der Waals surface area contributed by atoms with Gasteiger partial charge in [-0.3, -0.25) is 0 Å². The van der Waals surface area contributed by atoms with Gasteiger partial charge in [-0.2, -0.15) is 0 Å². The van der Waals surface area contributed by atoms with Gasteiger partial charge in [0.15, 0.2) is 0 Å². The average molecular weight is 466 g/mol. The van der Waals surface area contributed by atoms with Crippen LogP contribution in [-0.2, 0) is 0 Å². The Morgan fingerprint density at radius 2 is 0.667 bits per heavy atom. The molecule has 3 heteroatoms. The highest BCUT2D eigenvalue weighted by atomic mass is 14.7. The summed E-state index contributed by atoms with van der Waals surface area (Å²) in [6.07, 6.45) is 0. The van der Waals surface area contributed by atoms with Crippen LogP contribution in [0, 0.1) is 20.8 Å². The van der Waals surface area contributed by atoms with Gasteiger partial charge in [0.05, 0.1) is 0 Å². The zero-order valence-electron chi connectivity index (χ0n) is 20.7. The summed E-state index contributed by atoms with van der Waals surface area (Å²) in [5, 5.41) is 3.80. The summed E-state index contributed by atoms with van der Waals surface area (Å²) >= 11 is 0. The molecule has 4 aromatic carbocycles. The van der Waals surface area contributed by atoms with Crippen LogP contribution in [-0.4, -0.2) is 15.0 Å². The number of aromatic amines is 3. The maximum absolute atomic E-state index is 3.70. The van der Waals surface area contributed by atoms with E-state index < -0.39 is 0 Å². The molecular formula is C33H27N3. The predicted octanol–water partition coefficient (Wildman–Crippen LogP) is 9.06. The summed E-state index contributed by atoms with van der Waals surface area (Å²) < 4.78 is 0. The molecule has 0 radical (unpaired) electrons. The van der Waals surface area contributed by atoms with Gasteiger partial charge in [-0.05, 0) is 90.6 Å². The van der Waals surface area contributed by atoms with Crippen LogP contribution in [0.15, 0.2) is 91.0 Å². The van der Waals surface area contributed by atoms with E-state index in [1.54, 1.807) is 0 Å². The molecule has 0 aliphatic carbocycles. The number of rotatable bonds is 3. The first-order valence-corrected chi connectivity index (χ1v) is 12.5. The van der Waals surface area contributed by atoms with E-state index in [2.05, 4.69) is 127 Å².